The van der Waals surface area contributed by atoms with Crippen LogP contribution in [-0.4, -0.2) is 11.2 Å². The SMILES string of the molecule is CCCCC/C=C\CCCC(CCC/C=C\CCCCC)C(O)CCC/C=C/CCCCC. The Hall–Kier alpha value is -0.820. The van der Waals surface area contributed by atoms with E-state index < -0.39 is 0 Å². The molecule has 0 fully saturated rings. The topological polar surface area (TPSA) is 20.2 Å². The molecular formula is C32H60O. The average molecular weight is 461 g/mol. The molecule has 1 N–H and O–H groups in total. The largest absolute Gasteiger partial charge is 0.393 e. The van der Waals surface area contributed by atoms with Gasteiger partial charge in [0.25, 0.3) is 0 Å². The molecule has 0 amide bonds. The molecule has 0 aromatic carbocycles. The van der Waals surface area contributed by atoms with Crippen LogP contribution in [0.1, 0.15) is 156 Å². The highest BCUT2D eigenvalue weighted by molar-refractivity contribution is 4.85. The molecule has 0 saturated heterocycles. The van der Waals surface area contributed by atoms with Crippen LogP contribution in [0.4, 0.5) is 0 Å². The fourth-order valence-electron chi connectivity index (χ4n) is 4.45. The number of hydrogen-bond donors (Lipinski definition) is 1. The van der Waals surface area contributed by atoms with Crippen molar-refractivity contribution >= 4 is 0 Å². The molecule has 1 nitrogen and oxygen atoms in total. The van der Waals surface area contributed by atoms with E-state index >= 15 is 0 Å². The van der Waals surface area contributed by atoms with Gasteiger partial charge in [0.05, 0.1) is 6.10 Å². The van der Waals surface area contributed by atoms with Gasteiger partial charge >= 0.3 is 0 Å². The Morgan fingerprint density at radius 2 is 0.727 bits per heavy atom. The molecule has 0 saturated carbocycles. The number of aliphatic hydroxyl groups excluding tert-OH is 1. The Bertz CT molecular complexity index is 421. The molecule has 0 radical (unpaired) electrons. The Morgan fingerprint density at radius 3 is 1.06 bits per heavy atom. The third-order valence-electron chi connectivity index (χ3n) is 6.73. The molecule has 0 spiro atoms. The van der Waals surface area contributed by atoms with Crippen LogP contribution in [-0.2, 0) is 0 Å². The predicted octanol–water partition coefficient (Wildman–Crippen LogP) is 10.9. The molecular weight excluding hydrogens is 400 g/mol. The van der Waals surface area contributed by atoms with Gasteiger partial charge < -0.3 is 5.11 Å². The molecule has 0 aliphatic carbocycles. The summed E-state index contributed by atoms with van der Waals surface area (Å²) >= 11 is 0. The normalized spacial score (nSPS) is 13.4. The lowest BCUT2D eigenvalue weighted by atomic mass is 9.88. The van der Waals surface area contributed by atoms with Gasteiger partial charge in [0.2, 0.25) is 0 Å². The van der Waals surface area contributed by atoms with Crippen molar-refractivity contribution in [3.05, 3.63) is 36.5 Å². The molecule has 0 aromatic rings. The van der Waals surface area contributed by atoms with Crippen molar-refractivity contribution in [3.63, 3.8) is 0 Å². The second kappa shape index (κ2) is 27.4. The van der Waals surface area contributed by atoms with E-state index in [-0.39, 0.29) is 6.10 Å². The molecule has 0 heterocycles. The summed E-state index contributed by atoms with van der Waals surface area (Å²) in [5.74, 6) is 0.473. The van der Waals surface area contributed by atoms with Gasteiger partial charge in [0, 0.05) is 0 Å². The highest BCUT2D eigenvalue weighted by Crippen LogP contribution is 2.24. The molecule has 33 heavy (non-hydrogen) atoms. The van der Waals surface area contributed by atoms with Crippen molar-refractivity contribution in [2.75, 3.05) is 0 Å². The Balaban J connectivity index is 4.25. The predicted molar refractivity (Wildman–Crippen MR) is 151 cm³/mol. The van der Waals surface area contributed by atoms with Crippen molar-refractivity contribution < 1.29 is 5.11 Å². The smallest absolute Gasteiger partial charge is 0.0568 e. The van der Waals surface area contributed by atoms with Crippen LogP contribution in [0.3, 0.4) is 0 Å². The zero-order chi connectivity index (χ0) is 24.2. The molecule has 0 aromatic heterocycles. The van der Waals surface area contributed by atoms with Gasteiger partial charge in [0.15, 0.2) is 0 Å². The van der Waals surface area contributed by atoms with E-state index in [9.17, 15) is 5.11 Å². The fraction of sp³-hybridized carbons (Fsp3) is 0.812. The Labute approximate surface area is 209 Å². The monoisotopic (exact) mass is 460 g/mol. The molecule has 194 valence electrons. The minimum absolute atomic E-state index is 0.124. The second-order valence-electron chi connectivity index (χ2n) is 10.0. The van der Waals surface area contributed by atoms with Crippen LogP contribution < -0.4 is 0 Å². The van der Waals surface area contributed by atoms with Crippen molar-refractivity contribution in [2.24, 2.45) is 5.92 Å². The van der Waals surface area contributed by atoms with E-state index in [0.29, 0.717) is 5.92 Å². The van der Waals surface area contributed by atoms with Crippen LogP contribution in [0.25, 0.3) is 0 Å². The first-order valence-electron chi connectivity index (χ1n) is 14.9. The van der Waals surface area contributed by atoms with Gasteiger partial charge in [-0.2, -0.15) is 0 Å². The van der Waals surface area contributed by atoms with Crippen LogP contribution >= 0.6 is 0 Å². The van der Waals surface area contributed by atoms with E-state index in [1.807, 2.05) is 0 Å². The van der Waals surface area contributed by atoms with Crippen molar-refractivity contribution in [1.82, 2.24) is 0 Å². The maximum absolute atomic E-state index is 10.9. The summed E-state index contributed by atoms with van der Waals surface area (Å²) in [4.78, 5) is 0. The van der Waals surface area contributed by atoms with Gasteiger partial charge in [-0.15, -0.1) is 0 Å². The van der Waals surface area contributed by atoms with E-state index in [1.165, 1.54) is 116 Å². The zero-order valence-electron chi connectivity index (χ0n) is 22.9. The average Bonchev–Trinajstić information content (AvgIpc) is 2.82. The molecule has 0 aliphatic heterocycles. The third-order valence-corrected chi connectivity index (χ3v) is 6.73. The molecule has 1 heteroatoms. The maximum atomic E-state index is 10.9. The first-order chi connectivity index (χ1) is 16.3. The second-order valence-corrected chi connectivity index (χ2v) is 10.0. The lowest BCUT2D eigenvalue weighted by Gasteiger charge is -2.22. The first kappa shape index (κ1) is 32.2. The summed E-state index contributed by atoms with van der Waals surface area (Å²) in [6.07, 6.45) is 40.0. The number of rotatable bonds is 25. The summed E-state index contributed by atoms with van der Waals surface area (Å²) < 4.78 is 0. The van der Waals surface area contributed by atoms with Crippen LogP contribution in [0.15, 0.2) is 36.5 Å². The number of unbranched alkanes of at least 4 members (excludes halogenated alkanes) is 12. The third kappa shape index (κ3) is 24.1. The van der Waals surface area contributed by atoms with Crippen LogP contribution in [0.5, 0.6) is 0 Å². The Morgan fingerprint density at radius 1 is 0.424 bits per heavy atom. The molecule has 1 atom stereocenters. The minimum Gasteiger partial charge on any atom is -0.393 e. The van der Waals surface area contributed by atoms with Gasteiger partial charge in [0.1, 0.15) is 0 Å². The van der Waals surface area contributed by atoms with E-state index in [1.54, 1.807) is 0 Å². The zero-order valence-corrected chi connectivity index (χ0v) is 22.9. The summed E-state index contributed by atoms with van der Waals surface area (Å²) in [5, 5.41) is 10.9. The van der Waals surface area contributed by atoms with Gasteiger partial charge in [-0.25, -0.2) is 0 Å². The quantitative estimate of drug-likeness (QED) is 0.106. The fourth-order valence-corrected chi connectivity index (χ4v) is 4.45. The van der Waals surface area contributed by atoms with Gasteiger partial charge in [-0.05, 0) is 102 Å². The van der Waals surface area contributed by atoms with E-state index in [0.717, 1.165) is 19.3 Å². The van der Waals surface area contributed by atoms with Crippen molar-refractivity contribution in [2.45, 2.75) is 162 Å². The van der Waals surface area contributed by atoms with Crippen LogP contribution in [0, 0.1) is 5.92 Å². The number of allylic oxidation sites excluding steroid dienone is 6. The highest BCUT2D eigenvalue weighted by Gasteiger charge is 2.17. The first-order valence-corrected chi connectivity index (χ1v) is 14.9. The van der Waals surface area contributed by atoms with Gasteiger partial charge in [-0.1, -0.05) is 95.8 Å². The van der Waals surface area contributed by atoms with Gasteiger partial charge in [-0.3, -0.25) is 0 Å². The highest BCUT2D eigenvalue weighted by atomic mass is 16.3. The summed E-state index contributed by atoms with van der Waals surface area (Å²) in [6, 6.07) is 0. The molecule has 1 unspecified atom stereocenters. The van der Waals surface area contributed by atoms with E-state index in [2.05, 4.69) is 57.2 Å². The summed E-state index contributed by atoms with van der Waals surface area (Å²) in [5.41, 5.74) is 0. The number of aliphatic hydroxyl groups is 1. The molecule has 0 rings (SSSR count). The number of hydrogen-bond acceptors (Lipinski definition) is 1. The maximum Gasteiger partial charge on any atom is 0.0568 e. The standard InChI is InChI=1S/C32H60O/c1-4-7-10-13-16-19-22-25-28-31(29-26-23-20-17-14-11-8-5-2)32(33)30-27-24-21-18-15-12-9-6-3/h16-21,31-33H,4-15,22-30H2,1-3H3/b19-16-,20-17-,21-18+. The minimum atomic E-state index is -0.124. The summed E-state index contributed by atoms with van der Waals surface area (Å²) in [7, 11) is 0. The summed E-state index contributed by atoms with van der Waals surface area (Å²) in [6.45, 7) is 6.79. The molecule has 0 bridgehead atoms. The Kier molecular flexibility index (Phi) is 26.7. The molecule has 0 aliphatic rings. The lowest BCUT2D eigenvalue weighted by Crippen LogP contribution is -2.20. The van der Waals surface area contributed by atoms with Crippen molar-refractivity contribution in [3.8, 4) is 0 Å². The van der Waals surface area contributed by atoms with Crippen molar-refractivity contribution in [1.29, 1.82) is 0 Å². The van der Waals surface area contributed by atoms with Crippen LogP contribution in [0.2, 0.25) is 0 Å². The lowest BCUT2D eigenvalue weighted by molar-refractivity contribution is 0.0851. The van der Waals surface area contributed by atoms with E-state index in [4.69, 9.17) is 0 Å².